The molecule has 45 heavy (non-hydrogen) atoms. The average Bonchev–Trinajstić information content (AvgIpc) is 3.13. The molecule has 0 radical (unpaired) electrons. The van der Waals surface area contributed by atoms with Gasteiger partial charge in [0, 0.05) is 48.6 Å². The van der Waals surface area contributed by atoms with Crippen LogP contribution in [0.5, 0.6) is 11.5 Å². The largest absolute Gasteiger partial charge is 0.481 e. The zero-order valence-corrected chi connectivity index (χ0v) is 27.7. The highest BCUT2D eigenvalue weighted by atomic mass is 16.7. The van der Waals surface area contributed by atoms with Crippen molar-refractivity contribution in [3.63, 3.8) is 0 Å². The van der Waals surface area contributed by atoms with E-state index in [1.807, 2.05) is 67.5 Å². The van der Waals surface area contributed by atoms with Gasteiger partial charge in [-0.1, -0.05) is 39.8 Å². The first kappa shape index (κ1) is 36.7. The number of nitrogens with zero attached hydrogens (tertiary/aromatic N) is 1. The number of benzene rings is 2. The third-order valence-corrected chi connectivity index (χ3v) is 7.13. The topological polar surface area (TPSA) is 154 Å². The SMILES string of the molecule is CC(=O)Oc1cc(C)cc(C)c1C(C)(C)CC(=O)O.CC(=O)Oc1cc(C)cc(C)c1C(C)(C)CC(=O)ON1C(=O)CCC1=O. The first-order chi connectivity index (χ1) is 20.6. The number of esters is 2. The van der Waals surface area contributed by atoms with Gasteiger partial charge in [-0.2, -0.15) is 0 Å². The van der Waals surface area contributed by atoms with Crippen molar-refractivity contribution in [2.24, 2.45) is 0 Å². The minimum Gasteiger partial charge on any atom is -0.481 e. The van der Waals surface area contributed by atoms with Crippen molar-refractivity contribution in [3.8, 4) is 11.5 Å². The number of hydrogen-bond donors (Lipinski definition) is 1. The Bertz CT molecular complexity index is 1500. The summed E-state index contributed by atoms with van der Waals surface area (Å²) in [5, 5.41) is 9.56. The molecule has 1 fully saturated rings. The molecular weight excluding hydrogens is 582 g/mol. The van der Waals surface area contributed by atoms with Crippen LogP contribution in [0.15, 0.2) is 24.3 Å². The third-order valence-electron chi connectivity index (χ3n) is 7.13. The number of carboxylic acids is 1. The van der Waals surface area contributed by atoms with Gasteiger partial charge in [0.1, 0.15) is 11.5 Å². The Morgan fingerprint density at radius 3 is 1.44 bits per heavy atom. The smallest absolute Gasteiger partial charge is 0.334 e. The highest BCUT2D eigenvalue weighted by molar-refractivity contribution is 6.01. The van der Waals surface area contributed by atoms with E-state index >= 15 is 0 Å². The van der Waals surface area contributed by atoms with Gasteiger partial charge < -0.3 is 19.4 Å². The number of carbonyl (C=O) groups is 6. The fourth-order valence-electron chi connectivity index (χ4n) is 5.77. The Morgan fingerprint density at radius 2 is 1.09 bits per heavy atom. The molecule has 2 aromatic carbocycles. The number of imide groups is 1. The van der Waals surface area contributed by atoms with Crippen LogP contribution in [-0.2, 0) is 44.4 Å². The van der Waals surface area contributed by atoms with E-state index in [4.69, 9.17) is 19.4 Å². The van der Waals surface area contributed by atoms with Crippen LogP contribution >= 0.6 is 0 Å². The number of hydrogen-bond acceptors (Lipinski definition) is 9. The molecule has 11 heteroatoms. The van der Waals surface area contributed by atoms with Gasteiger partial charge in [0.25, 0.3) is 11.8 Å². The van der Waals surface area contributed by atoms with E-state index in [1.165, 1.54) is 13.8 Å². The summed E-state index contributed by atoms with van der Waals surface area (Å²) in [5.74, 6) is -2.63. The zero-order chi connectivity index (χ0) is 34.4. The number of hydroxylamine groups is 2. The van der Waals surface area contributed by atoms with Gasteiger partial charge in [-0.15, -0.1) is 5.06 Å². The molecule has 1 aliphatic heterocycles. The minimum atomic E-state index is -0.876. The summed E-state index contributed by atoms with van der Waals surface area (Å²) in [6.45, 7) is 17.5. The molecule has 1 heterocycles. The number of ether oxygens (including phenoxy) is 2. The molecule has 2 amide bonds. The standard InChI is InChI=1S/C19H23NO6.C15H20O4/c1-11-8-12(2)18(14(9-11)25-13(3)21)19(4,5)10-17(24)26-20-15(22)6-7-16(20)23;1-9-6-10(2)14(12(7-9)19-11(3)16)15(4,5)8-13(17)18/h8-9H,6-7,10H2,1-5H3;6-7H,8H2,1-5H3,(H,17,18). The lowest BCUT2D eigenvalue weighted by Gasteiger charge is -2.28. The lowest BCUT2D eigenvalue weighted by atomic mass is 9.78. The predicted molar refractivity (Wildman–Crippen MR) is 165 cm³/mol. The summed E-state index contributed by atoms with van der Waals surface area (Å²) in [7, 11) is 0. The maximum absolute atomic E-state index is 12.3. The molecule has 1 aliphatic rings. The summed E-state index contributed by atoms with van der Waals surface area (Å²) in [6, 6.07) is 7.41. The van der Waals surface area contributed by atoms with Crippen LogP contribution in [-0.4, -0.2) is 45.9 Å². The summed E-state index contributed by atoms with van der Waals surface area (Å²) in [6.07, 6.45) is -0.0280. The first-order valence-corrected chi connectivity index (χ1v) is 14.5. The molecule has 0 aromatic heterocycles. The van der Waals surface area contributed by atoms with Gasteiger partial charge in [-0.3, -0.25) is 24.0 Å². The van der Waals surface area contributed by atoms with Crippen molar-refractivity contribution in [2.75, 3.05) is 0 Å². The molecule has 0 bridgehead atoms. The highest BCUT2D eigenvalue weighted by Gasteiger charge is 2.36. The monoisotopic (exact) mass is 625 g/mol. The van der Waals surface area contributed by atoms with Crippen LogP contribution in [0.1, 0.15) is 101 Å². The van der Waals surface area contributed by atoms with E-state index in [2.05, 4.69) is 0 Å². The Kier molecular flexibility index (Phi) is 11.8. The second kappa shape index (κ2) is 14.5. The van der Waals surface area contributed by atoms with E-state index in [9.17, 15) is 28.8 Å². The maximum Gasteiger partial charge on any atom is 0.334 e. The average molecular weight is 626 g/mol. The zero-order valence-electron chi connectivity index (χ0n) is 27.7. The second-order valence-electron chi connectivity index (χ2n) is 12.7. The maximum atomic E-state index is 12.3. The molecule has 0 saturated carbocycles. The van der Waals surface area contributed by atoms with Crippen LogP contribution in [0.25, 0.3) is 0 Å². The molecule has 1 N–H and O–H groups in total. The van der Waals surface area contributed by atoms with Crippen molar-refractivity contribution in [3.05, 3.63) is 57.6 Å². The van der Waals surface area contributed by atoms with Crippen molar-refractivity contribution in [2.45, 2.75) is 106 Å². The van der Waals surface area contributed by atoms with Crippen molar-refractivity contribution < 1.29 is 48.2 Å². The number of rotatable bonds is 9. The van der Waals surface area contributed by atoms with E-state index < -0.39 is 46.5 Å². The quantitative estimate of drug-likeness (QED) is 0.215. The third kappa shape index (κ3) is 9.99. The molecule has 0 spiro atoms. The van der Waals surface area contributed by atoms with Gasteiger partial charge in [-0.25, -0.2) is 4.79 Å². The molecule has 0 atom stereocenters. The second-order valence-corrected chi connectivity index (χ2v) is 12.7. The molecule has 0 unspecified atom stereocenters. The van der Waals surface area contributed by atoms with Gasteiger partial charge >= 0.3 is 23.9 Å². The molecule has 2 aromatic rings. The number of aliphatic carboxylic acids is 1. The first-order valence-electron chi connectivity index (χ1n) is 14.5. The van der Waals surface area contributed by atoms with Crippen molar-refractivity contribution >= 4 is 35.7 Å². The van der Waals surface area contributed by atoms with Crippen LogP contribution in [0.2, 0.25) is 0 Å². The van der Waals surface area contributed by atoms with Gasteiger partial charge in [0.2, 0.25) is 0 Å². The number of aryl methyl sites for hydroxylation is 4. The molecule has 11 nitrogen and oxygen atoms in total. The Hall–Kier alpha value is -4.54. The Morgan fingerprint density at radius 1 is 0.711 bits per heavy atom. The lowest BCUT2D eigenvalue weighted by molar-refractivity contribution is -0.198. The van der Waals surface area contributed by atoms with Crippen molar-refractivity contribution in [1.82, 2.24) is 5.06 Å². The number of amides is 2. The van der Waals surface area contributed by atoms with E-state index in [-0.39, 0.29) is 25.7 Å². The van der Waals surface area contributed by atoms with Gasteiger partial charge in [0.05, 0.1) is 12.8 Å². The Labute approximate surface area is 263 Å². The van der Waals surface area contributed by atoms with Crippen molar-refractivity contribution in [1.29, 1.82) is 0 Å². The predicted octanol–water partition coefficient (Wildman–Crippen LogP) is 5.48. The van der Waals surface area contributed by atoms with Crippen LogP contribution in [0.4, 0.5) is 0 Å². The van der Waals surface area contributed by atoms with Crippen LogP contribution in [0.3, 0.4) is 0 Å². The fraction of sp³-hybridized carbons (Fsp3) is 0.471. The molecule has 244 valence electrons. The molecule has 0 aliphatic carbocycles. The van der Waals surface area contributed by atoms with E-state index in [0.717, 1.165) is 27.8 Å². The molecular formula is C34H43NO10. The Balaban J connectivity index is 0.000000330. The lowest BCUT2D eigenvalue weighted by Crippen LogP contribution is -2.34. The molecule has 3 rings (SSSR count). The van der Waals surface area contributed by atoms with Crippen LogP contribution < -0.4 is 9.47 Å². The fourth-order valence-corrected chi connectivity index (χ4v) is 5.77. The summed E-state index contributed by atoms with van der Waals surface area (Å²) in [5.41, 5.74) is 3.83. The number of carboxylic acid groups (broad SMARTS) is 1. The summed E-state index contributed by atoms with van der Waals surface area (Å²) in [4.78, 5) is 74.1. The number of carbonyl (C=O) groups excluding carboxylic acids is 5. The van der Waals surface area contributed by atoms with E-state index in [1.54, 1.807) is 12.1 Å². The van der Waals surface area contributed by atoms with Gasteiger partial charge in [0.15, 0.2) is 0 Å². The van der Waals surface area contributed by atoms with Gasteiger partial charge in [-0.05, 0) is 62.1 Å². The summed E-state index contributed by atoms with van der Waals surface area (Å²) < 4.78 is 10.6. The minimum absolute atomic E-state index is 0.0227. The normalized spacial score (nSPS) is 13.2. The summed E-state index contributed by atoms with van der Waals surface area (Å²) >= 11 is 0. The highest BCUT2D eigenvalue weighted by Crippen LogP contribution is 2.39. The molecule has 1 saturated heterocycles. The van der Waals surface area contributed by atoms with E-state index in [0.29, 0.717) is 22.1 Å². The van der Waals surface area contributed by atoms with Crippen LogP contribution in [0, 0.1) is 27.7 Å².